The number of esters is 1. The molecule has 1 aromatic rings. The largest absolute Gasteiger partial charge is 0.468 e. The number of halogens is 1. The second-order valence-electron chi connectivity index (χ2n) is 3.55. The van der Waals surface area contributed by atoms with E-state index in [1.807, 2.05) is 0 Å². The van der Waals surface area contributed by atoms with Gasteiger partial charge in [-0.05, 0) is 25.1 Å². The summed E-state index contributed by atoms with van der Waals surface area (Å²) in [6, 6.07) is 1.91. The molecule has 0 amide bonds. The summed E-state index contributed by atoms with van der Waals surface area (Å²) in [5, 5.41) is 0. The third kappa shape index (κ3) is 3.17. The molecule has 0 saturated heterocycles. The lowest BCUT2D eigenvalue weighted by atomic mass is 10.3. The van der Waals surface area contributed by atoms with Gasteiger partial charge in [-0.1, -0.05) is 0 Å². The third-order valence-corrected chi connectivity index (χ3v) is 3.70. The smallest absolute Gasteiger partial charge is 0.323 e. The monoisotopic (exact) mass is 276 g/mol. The van der Waals surface area contributed by atoms with Gasteiger partial charge in [0.25, 0.3) is 0 Å². The van der Waals surface area contributed by atoms with Gasteiger partial charge < -0.3 is 10.5 Å². The van der Waals surface area contributed by atoms with Crippen LogP contribution in [0.25, 0.3) is 0 Å². The number of hydrogen-bond acceptors (Lipinski definition) is 5. The third-order valence-electron chi connectivity index (χ3n) is 2.16. The van der Waals surface area contributed by atoms with Crippen molar-refractivity contribution < 1.29 is 22.3 Å². The van der Waals surface area contributed by atoms with Crippen LogP contribution < -0.4 is 10.5 Å². The van der Waals surface area contributed by atoms with Crippen LogP contribution in [0.4, 0.5) is 10.1 Å². The number of carbonyl (C=O) groups is 1. The molecule has 0 aliphatic heterocycles. The van der Waals surface area contributed by atoms with Crippen LogP contribution in [-0.2, 0) is 19.6 Å². The summed E-state index contributed by atoms with van der Waals surface area (Å²) in [4.78, 5) is 10.9. The first kappa shape index (κ1) is 14.4. The van der Waals surface area contributed by atoms with Gasteiger partial charge in [0.05, 0.1) is 17.7 Å². The van der Waals surface area contributed by atoms with E-state index in [2.05, 4.69) is 9.46 Å². The Morgan fingerprint density at radius 3 is 2.61 bits per heavy atom. The summed E-state index contributed by atoms with van der Waals surface area (Å²) in [7, 11) is -2.81. The molecule has 0 radical (unpaired) electrons. The molecule has 8 heteroatoms. The lowest BCUT2D eigenvalue weighted by Crippen LogP contribution is -2.39. The number of nitrogen functional groups attached to an aromatic ring is 1. The minimum atomic E-state index is -3.95. The van der Waals surface area contributed by atoms with Crippen molar-refractivity contribution in [1.29, 1.82) is 0 Å². The Morgan fingerprint density at radius 1 is 1.50 bits per heavy atom. The normalized spacial score (nSPS) is 13.1. The summed E-state index contributed by atoms with van der Waals surface area (Å²) in [6.45, 7) is 1.33. The Hall–Kier alpha value is -1.67. The maximum Gasteiger partial charge on any atom is 0.323 e. The van der Waals surface area contributed by atoms with Crippen LogP contribution >= 0.6 is 0 Å². The van der Waals surface area contributed by atoms with E-state index in [1.165, 1.54) is 6.92 Å². The molecule has 1 aromatic carbocycles. The summed E-state index contributed by atoms with van der Waals surface area (Å²) < 4.78 is 43.1. The summed E-state index contributed by atoms with van der Waals surface area (Å²) in [5.74, 6) is -1.44. The Kier molecular flexibility index (Phi) is 4.25. The molecule has 1 rings (SSSR count). The number of methoxy groups -OCH3 is 1. The van der Waals surface area contributed by atoms with Crippen molar-refractivity contribution in [3.05, 3.63) is 24.0 Å². The number of anilines is 1. The summed E-state index contributed by atoms with van der Waals surface area (Å²) in [6.07, 6.45) is 0. The van der Waals surface area contributed by atoms with Gasteiger partial charge in [0.1, 0.15) is 11.9 Å². The molecule has 0 saturated carbocycles. The molecule has 18 heavy (non-hydrogen) atoms. The van der Waals surface area contributed by atoms with Gasteiger partial charge in [0.2, 0.25) is 10.0 Å². The van der Waals surface area contributed by atoms with Gasteiger partial charge in [0.15, 0.2) is 0 Å². The van der Waals surface area contributed by atoms with E-state index in [0.717, 1.165) is 25.3 Å². The highest BCUT2D eigenvalue weighted by molar-refractivity contribution is 7.89. The van der Waals surface area contributed by atoms with Crippen LogP contribution in [-0.4, -0.2) is 27.5 Å². The zero-order chi connectivity index (χ0) is 13.9. The van der Waals surface area contributed by atoms with E-state index in [4.69, 9.17) is 5.73 Å². The highest BCUT2D eigenvalue weighted by Crippen LogP contribution is 2.16. The standard InChI is InChI=1S/C10H13FN2O4S/c1-6(10(14)17-2)13-18(15,16)7-3-4-8(11)9(12)5-7/h3-6,13H,12H2,1-2H3. The zero-order valence-electron chi connectivity index (χ0n) is 9.81. The Bertz CT molecular complexity index is 559. The van der Waals surface area contributed by atoms with Crippen LogP contribution in [0.1, 0.15) is 6.92 Å². The Balaban J connectivity index is 3.00. The minimum Gasteiger partial charge on any atom is -0.468 e. The van der Waals surface area contributed by atoms with Crippen molar-refractivity contribution in [3.8, 4) is 0 Å². The minimum absolute atomic E-state index is 0.225. The van der Waals surface area contributed by atoms with Crippen LogP contribution in [0.15, 0.2) is 23.1 Å². The van der Waals surface area contributed by atoms with Crippen LogP contribution in [0, 0.1) is 5.82 Å². The topological polar surface area (TPSA) is 98.5 Å². The number of ether oxygens (including phenoxy) is 1. The molecule has 0 aliphatic rings. The molecule has 0 heterocycles. The van der Waals surface area contributed by atoms with Gasteiger partial charge in [-0.2, -0.15) is 4.72 Å². The lowest BCUT2D eigenvalue weighted by molar-refractivity contribution is -0.142. The van der Waals surface area contributed by atoms with Crippen LogP contribution in [0.2, 0.25) is 0 Å². The number of rotatable bonds is 4. The molecular formula is C10H13FN2O4S. The fraction of sp³-hybridized carbons (Fsp3) is 0.300. The predicted octanol–water partition coefficient (Wildman–Crippen LogP) is 0.248. The fourth-order valence-corrected chi connectivity index (χ4v) is 2.44. The van der Waals surface area contributed by atoms with Gasteiger partial charge in [-0.25, -0.2) is 12.8 Å². The average molecular weight is 276 g/mol. The van der Waals surface area contributed by atoms with Gasteiger partial charge in [-0.15, -0.1) is 0 Å². The number of carbonyl (C=O) groups excluding carboxylic acids is 1. The first-order valence-corrected chi connectivity index (χ1v) is 6.41. The van der Waals surface area contributed by atoms with Crippen molar-refractivity contribution in [1.82, 2.24) is 4.72 Å². The molecule has 3 N–H and O–H groups in total. The number of nitrogens with two attached hydrogens (primary N) is 1. The molecule has 0 spiro atoms. The molecule has 6 nitrogen and oxygen atoms in total. The van der Waals surface area contributed by atoms with Crippen molar-refractivity contribution in [3.63, 3.8) is 0 Å². The van der Waals surface area contributed by atoms with Gasteiger partial charge >= 0.3 is 5.97 Å². The summed E-state index contributed by atoms with van der Waals surface area (Å²) in [5.41, 5.74) is 4.99. The number of benzene rings is 1. The average Bonchev–Trinajstić information content (AvgIpc) is 2.30. The van der Waals surface area contributed by atoms with Crippen LogP contribution in [0.3, 0.4) is 0 Å². The molecule has 1 atom stereocenters. The van der Waals surface area contributed by atoms with Crippen LogP contribution in [0.5, 0.6) is 0 Å². The number of nitrogens with one attached hydrogen (secondary N) is 1. The van der Waals surface area contributed by atoms with E-state index < -0.39 is 27.9 Å². The summed E-state index contributed by atoms with van der Waals surface area (Å²) >= 11 is 0. The van der Waals surface area contributed by atoms with E-state index in [1.54, 1.807) is 0 Å². The van der Waals surface area contributed by atoms with Gasteiger partial charge in [-0.3, -0.25) is 4.79 Å². The molecule has 0 bridgehead atoms. The second kappa shape index (κ2) is 5.32. The molecule has 0 fully saturated rings. The van der Waals surface area contributed by atoms with Crippen molar-refractivity contribution in [2.75, 3.05) is 12.8 Å². The maximum atomic E-state index is 12.9. The Labute approximate surface area is 104 Å². The number of sulfonamides is 1. The molecule has 0 aromatic heterocycles. The Morgan fingerprint density at radius 2 is 2.11 bits per heavy atom. The SMILES string of the molecule is COC(=O)C(C)NS(=O)(=O)c1ccc(F)c(N)c1. The highest BCUT2D eigenvalue weighted by Gasteiger charge is 2.22. The van der Waals surface area contributed by atoms with E-state index in [0.29, 0.717) is 0 Å². The maximum absolute atomic E-state index is 12.9. The zero-order valence-corrected chi connectivity index (χ0v) is 10.6. The molecule has 0 aliphatic carbocycles. The second-order valence-corrected chi connectivity index (χ2v) is 5.26. The predicted molar refractivity (Wildman–Crippen MR) is 62.6 cm³/mol. The first-order valence-electron chi connectivity index (χ1n) is 4.93. The lowest BCUT2D eigenvalue weighted by Gasteiger charge is -2.12. The first-order chi connectivity index (χ1) is 8.27. The quantitative estimate of drug-likeness (QED) is 0.606. The highest BCUT2D eigenvalue weighted by atomic mass is 32.2. The van der Waals surface area contributed by atoms with Gasteiger partial charge in [0, 0.05) is 0 Å². The van der Waals surface area contributed by atoms with E-state index in [-0.39, 0.29) is 10.6 Å². The van der Waals surface area contributed by atoms with Crippen molar-refractivity contribution >= 4 is 21.7 Å². The van der Waals surface area contributed by atoms with Crippen molar-refractivity contribution in [2.24, 2.45) is 0 Å². The molecule has 100 valence electrons. The molecular weight excluding hydrogens is 263 g/mol. The number of hydrogen-bond donors (Lipinski definition) is 2. The molecule has 1 unspecified atom stereocenters. The van der Waals surface area contributed by atoms with Crippen molar-refractivity contribution in [2.45, 2.75) is 17.9 Å². The van der Waals surface area contributed by atoms with E-state index in [9.17, 15) is 17.6 Å². The fourth-order valence-electron chi connectivity index (χ4n) is 1.21. The van der Waals surface area contributed by atoms with E-state index >= 15 is 0 Å².